The molecule has 0 aliphatic carbocycles. The maximum absolute atomic E-state index is 11.8. The van der Waals surface area contributed by atoms with Crippen molar-refractivity contribution in [1.29, 1.82) is 0 Å². The lowest BCUT2D eigenvalue weighted by Crippen LogP contribution is -2.43. The standard InChI is InChI=1S/C13H17N3O3/c1-19-13(18)16-11-4-2-3-10(6-11)15-12(17)5-9-7-14-8-9/h2-4,6,9,14H,5,7-8H2,1H3,(H,15,17)(H,16,18). The first-order valence-corrected chi connectivity index (χ1v) is 6.13. The van der Waals surface area contributed by atoms with Gasteiger partial charge in [0.25, 0.3) is 0 Å². The van der Waals surface area contributed by atoms with E-state index in [1.54, 1.807) is 24.3 Å². The van der Waals surface area contributed by atoms with Crippen LogP contribution in [0.1, 0.15) is 6.42 Å². The molecule has 0 spiro atoms. The van der Waals surface area contributed by atoms with Crippen LogP contribution in [0.25, 0.3) is 0 Å². The number of rotatable bonds is 4. The van der Waals surface area contributed by atoms with Crippen molar-refractivity contribution in [3.8, 4) is 0 Å². The van der Waals surface area contributed by atoms with Gasteiger partial charge in [0.05, 0.1) is 7.11 Å². The summed E-state index contributed by atoms with van der Waals surface area (Å²) in [6.07, 6.45) is -0.0224. The average Bonchev–Trinajstić information content (AvgIpc) is 2.34. The smallest absolute Gasteiger partial charge is 0.411 e. The van der Waals surface area contributed by atoms with E-state index in [-0.39, 0.29) is 5.91 Å². The summed E-state index contributed by atoms with van der Waals surface area (Å²) in [4.78, 5) is 22.8. The number of anilines is 2. The summed E-state index contributed by atoms with van der Waals surface area (Å²) in [6, 6.07) is 6.95. The second-order valence-corrected chi connectivity index (χ2v) is 4.47. The maximum Gasteiger partial charge on any atom is 0.411 e. The van der Waals surface area contributed by atoms with Crippen LogP contribution in [0.4, 0.5) is 16.2 Å². The molecule has 1 aromatic rings. The van der Waals surface area contributed by atoms with Gasteiger partial charge in [-0.25, -0.2) is 4.79 Å². The second kappa shape index (κ2) is 6.19. The van der Waals surface area contributed by atoms with E-state index in [4.69, 9.17) is 0 Å². The lowest BCUT2D eigenvalue weighted by atomic mass is 9.99. The topological polar surface area (TPSA) is 79.5 Å². The van der Waals surface area contributed by atoms with Gasteiger partial charge in [-0.3, -0.25) is 10.1 Å². The highest BCUT2D eigenvalue weighted by molar-refractivity contribution is 5.92. The van der Waals surface area contributed by atoms with Gasteiger partial charge in [-0.1, -0.05) is 6.07 Å². The minimum absolute atomic E-state index is 0.0123. The average molecular weight is 263 g/mol. The summed E-state index contributed by atoms with van der Waals surface area (Å²) >= 11 is 0. The molecule has 0 aromatic heterocycles. The molecule has 1 saturated heterocycles. The van der Waals surface area contributed by atoms with E-state index in [1.165, 1.54) is 7.11 Å². The number of nitrogens with one attached hydrogen (secondary N) is 3. The lowest BCUT2D eigenvalue weighted by Gasteiger charge is -2.26. The first-order valence-electron chi connectivity index (χ1n) is 6.13. The molecule has 0 bridgehead atoms. The minimum atomic E-state index is -0.538. The fourth-order valence-electron chi connectivity index (χ4n) is 1.81. The quantitative estimate of drug-likeness (QED) is 0.767. The van der Waals surface area contributed by atoms with Crippen molar-refractivity contribution in [3.63, 3.8) is 0 Å². The van der Waals surface area contributed by atoms with Gasteiger partial charge in [0.15, 0.2) is 0 Å². The molecule has 2 amide bonds. The van der Waals surface area contributed by atoms with Gasteiger partial charge in [0.1, 0.15) is 0 Å². The lowest BCUT2D eigenvalue weighted by molar-refractivity contribution is -0.117. The number of hydrogen-bond donors (Lipinski definition) is 3. The Morgan fingerprint density at radius 1 is 1.32 bits per heavy atom. The number of hydrogen-bond acceptors (Lipinski definition) is 4. The van der Waals surface area contributed by atoms with Crippen molar-refractivity contribution < 1.29 is 14.3 Å². The van der Waals surface area contributed by atoms with Crippen LogP contribution in [0.2, 0.25) is 0 Å². The molecule has 1 aliphatic heterocycles. The van der Waals surface area contributed by atoms with E-state index in [2.05, 4.69) is 20.7 Å². The van der Waals surface area contributed by atoms with Crippen LogP contribution in [0, 0.1) is 5.92 Å². The Kier molecular flexibility index (Phi) is 4.35. The Balaban J connectivity index is 1.90. The van der Waals surface area contributed by atoms with Crippen LogP contribution < -0.4 is 16.0 Å². The minimum Gasteiger partial charge on any atom is -0.453 e. The molecule has 1 fully saturated rings. The number of amides is 2. The molecule has 2 rings (SSSR count). The van der Waals surface area contributed by atoms with Crippen molar-refractivity contribution in [2.45, 2.75) is 6.42 Å². The molecule has 6 heteroatoms. The van der Waals surface area contributed by atoms with Crippen molar-refractivity contribution in [2.75, 3.05) is 30.8 Å². The third-order valence-corrected chi connectivity index (χ3v) is 2.92. The van der Waals surface area contributed by atoms with Crippen LogP contribution in [-0.4, -0.2) is 32.2 Å². The Labute approximate surface area is 111 Å². The largest absolute Gasteiger partial charge is 0.453 e. The zero-order valence-electron chi connectivity index (χ0n) is 10.7. The molecule has 1 aliphatic rings. The Bertz CT molecular complexity index is 472. The summed E-state index contributed by atoms with van der Waals surface area (Å²) < 4.78 is 4.51. The van der Waals surface area contributed by atoms with Gasteiger partial charge in [-0.05, 0) is 37.2 Å². The van der Waals surface area contributed by atoms with Crippen molar-refractivity contribution in [1.82, 2.24) is 5.32 Å². The van der Waals surface area contributed by atoms with Crippen LogP contribution in [-0.2, 0) is 9.53 Å². The van der Waals surface area contributed by atoms with Gasteiger partial charge in [-0.15, -0.1) is 0 Å². The molecule has 102 valence electrons. The number of carbonyl (C=O) groups is 2. The molecule has 0 unspecified atom stereocenters. The monoisotopic (exact) mass is 263 g/mol. The molecule has 3 N–H and O–H groups in total. The molecule has 1 heterocycles. The summed E-state index contributed by atoms with van der Waals surface area (Å²) in [7, 11) is 1.30. The molecular weight excluding hydrogens is 246 g/mol. The number of methoxy groups -OCH3 is 1. The first-order chi connectivity index (χ1) is 9.17. The molecule has 0 radical (unpaired) electrons. The summed E-state index contributed by atoms with van der Waals surface area (Å²) in [5.74, 6) is 0.415. The van der Waals surface area contributed by atoms with Gasteiger partial charge in [0.2, 0.25) is 5.91 Å². The fraction of sp³-hybridized carbons (Fsp3) is 0.385. The normalized spacial score (nSPS) is 14.4. The van der Waals surface area contributed by atoms with Gasteiger partial charge >= 0.3 is 6.09 Å². The highest BCUT2D eigenvalue weighted by Crippen LogP contribution is 2.16. The van der Waals surface area contributed by atoms with E-state index in [1.807, 2.05) is 0 Å². The molecular formula is C13H17N3O3. The molecule has 0 saturated carbocycles. The van der Waals surface area contributed by atoms with Gasteiger partial charge in [-0.2, -0.15) is 0 Å². The summed E-state index contributed by atoms with van der Waals surface area (Å²) in [5, 5.41) is 8.49. The zero-order chi connectivity index (χ0) is 13.7. The Morgan fingerprint density at radius 2 is 2.00 bits per heavy atom. The van der Waals surface area contributed by atoms with E-state index in [0.29, 0.717) is 23.7 Å². The van der Waals surface area contributed by atoms with Crippen LogP contribution in [0.15, 0.2) is 24.3 Å². The number of ether oxygens (including phenoxy) is 1. The van der Waals surface area contributed by atoms with E-state index in [0.717, 1.165) is 13.1 Å². The SMILES string of the molecule is COC(=O)Nc1cccc(NC(=O)CC2CNC2)c1. The second-order valence-electron chi connectivity index (χ2n) is 4.47. The predicted molar refractivity (Wildman–Crippen MR) is 72.1 cm³/mol. The van der Waals surface area contributed by atoms with E-state index >= 15 is 0 Å². The third-order valence-electron chi connectivity index (χ3n) is 2.92. The van der Waals surface area contributed by atoms with Gasteiger partial charge < -0.3 is 15.4 Å². The predicted octanol–water partition coefficient (Wildman–Crippen LogP) is 1.41. The fourth-order valence-corrected chi connectivity index (χ4v) is 1.81. The molecule has 0 atom stereocenters. The van der Waals surface area contributed by atoms with Crippen LogP contribution >= 0.6 is 0 Å². The summed E-state index contributed by atoms with van der Waals surface area (Å²) in [5.41, 5.74) is 1.24. The highest BCUT2D eigenvalue weighted by atomic mass is 16.5. The maximum atomic E-state index is 11.8. The van der Waals surface area contributed by atoms with E-state index < -0.39 is 6.09 Å². The zero-order valence-corrected chi connectivity index (χ0v) is 10.7. The third kappa shape index (κ3) is 3.96. The Morgan fingerprint density at radius 3 is 2.58 bits per heavy atom. The van der Waals surface area contributed by atoms with Crippen molar-refractivity contribution in [3.05, 3.63) is 24.3 Å². The summed E-state index contributed by atoms with van der Waals surface area (Å²) in [6.45, 7) is 1.80. The molecule has 1 aromatic carbocycles. The Hall–Kier alpha value is -2.08. The first kappa shape index (κ1) is 13.4. The number of benzene rings is 1. The number of carbonyl (C=O) groups excluding carboxylic acids is 2. The highest BCUT2D eigenvalue weighted by Gasteiger charge is 2.20. The van der Waals surface area contributed by atoms with Crippen LogP contribution in [0.3, 0.4) is 0 Å². The molecule has 6 nitrogen and oxygen atoms in total. The van der Waals surface area contributed by atoms with Crippen LogP contribution in [0.5, 0.6) is 0 Å². The molecule has 19 heavy (non-hydrogen) atoms. The van der Waals surface area contributed by atoms with Crippen molar-refractivity contribution in [2.24, 2.45) is 5.92 Å². The van der Waals surface area contributed by atoms with Crippen molar-refractivity contribution >= 4 is 23.4 Å². The van der Waals surface area contributed by atoms with E-state index in [9.17, 15) is 9.59 Å². The van der Waals surface area contributed by atoms with Gasteiger partial charge in [0, 0.05) is 17.8 Å².